The molecule has 1 saturated heterocycles. The lowest BCUT2D eigenvalue weighted by Gasteiger charge is -2.16. The van der Waals surface area contributed by atoms with Crippen LogP contribution in [0.2, 0.25) is 0 Å². The average molecular weight is 372 g/mol. The first-order valence-corrected chi connectivity index (χ1v) is 5.98. The number of halogens is 2. The molecule has 11 N–H and O–H groups in total. The highest BCUT2D eigenvalue weighted by Gasteiger charge is 2.45. The van der Waals surface area contributed by atoms with Crippen molar-refractivity contribution in [1.29, 1.82) is 10.8 Å². The molecule has 0 aliphatic carbocycles. The second-order valence-electron chi connectivity index (χ2n) is 4.61. The Hall–Kier alpha value is -1.63. The van der Waals surface area contributed by atoms with Gasteiger partial charge in [0.05, 0.1) is 12.2 Å². The Kier molecular flexibility index (Phi) is 7.22. The molecule has 0 aromatic carbocycles. The second kappa shape index (κ2) is 7.77. The van der Waals surface area contributed by atoms with Crippen molar-refractivity contribution >= 4 is 42.3 Å². The number of hydrogen-bond acceptors (Lipinski definition) is 8. The van der Waals surface area contributed by atoms with Crippen LogP contribution >= 0.6 is 24.8 Å². The molecule has 1 aliphatic rings. The Morgan fingerprint density at radius 2 is 1.74 bits per heavy atom. The van der Waals surface area contributed by atoms with E-state index in [1.807, 2.05) is 0 Å². The molecule has 0 radical (unpaired) electrons. The quantitative estimate of drug-likeness (QED) is 0.208. The lowest BCUT2D eigenvalue weighted by molar-refractivity contribution is -0.0574. The summed E-state index contributed by atoms with van der Waals surface area (Å²) in [5.41, 5.74) is 16.4. The van der Waals surface area contributed by atoms with E-state index in [-0.39, 0.29) is 41.9 Å². The van der Waals surface area contributed by atoms with Crippen LogP contribution in [0.1, 0.15) is 17.5 Å². The van der Waals surface area contributed by atoms with Crippen LogP contribution in [0.4, 0.5) is 5.82 Å². The van der Waals surface area contributed by atoms with E-state index in [2.05, 4.69) is 5.10 Å². The Balaban J connectivity index is 0.00000242. The predicted octanol–water partition coefficient (Wildman–Crippen LogP) is -2.51. The first kappa shape index (κ1) is 21.4. The van der Waals surface area contributed by atoms with Crippen molar-refractivity contribution in [1.82, 2.24) is 9.78 Å². The zero-order valence-corrected chi connectivity index (χ0v) is 13.3. The summed E-state index contributed by atoms with van der Waals surface area (Å²) in [6.07, 6.45) is -4.92. The normalized spacial score (nSPS) is 26.2. The molecule has 1 aromatic rings. The Labute approximate surface area is 143 Å². The van der Waals surface area contributed by atoms with Crippen molar-refractivity contribution in [2.75, 3.05) is 12.3 Å². The Bertz CT molecular complexity index is 596. The number of nitrogens with two attached hydrogens (primary N) is 3. The molecular formula is C10H19Cl2N7O4. The standard InChI is InChI=1S/C10H17N7O4.2ClH/c11-7(12)3-4(8(13)14)16-17(9(3)15)10-6(20)5(19)2(1-18)21-10;;/h2,5-6,10,18-20H,1,15H2,(H3,11,12)(H3,13,14);2*1H/t2?,5-,6?,10?;;/m0../s1. The maximum absolute atomic E-state index is 9.94. The van der Waals surface area contributed by atoms with Crippen LogP contribution in [0.25, 0.3) is 0 Å². The van der Waals surface area contributed by atoms with E-state index in [0.29, 0.717) is 0 Å². The summed E-state index contributed by atoms with van der Waals surface area (Å²) >= 11 is 0. The van der Waals surface area contributed by atoms with Gasteiger partial charge in [-0.15, -0.1) is 24.8 Å². The molecule has 3 unspecified atom stereocenters. The van der Waals surface area contributed by atoms with Crippen LogP contribution in [-0.2, 0) is 4.74 Å². The zero-order chi connectivity index (χ0) is 15.9. The summed E-state index contributed by atoms with van der Waals surface area (Å²) in [5.74, 6) is -1.05. The second-order valence-corrected chi connectivity index (χ2v) is 4.61. The van der Waals surface area contributed by atoms with Crippen molar-refractivity contribution in [2.24, 2.45) is 11.5 Å². The summed E-state index contributed by atoms with van der Waals surface area (Å²) < 4.78 is 6.26. The number of amidine groups is 2. The van der Waals surface area contributed by atoms with Gasteiger partial charge >= 0.3 is 0 Å². The van der Waals surface area contributed by atoms with Crippen molar-refractivity contribution in [2.45, 2.75) is 24.5 Å². The van der Waals surface area contributed by atoms with Gasteiger partial charge < -0.3 is 37.3 Å². The van der Waals surface area contributed by atoms with Gasteiger partial charge in [-0.05, 0) is 0 Å². The summed E-state index contributed by atoms with van der Waals surface area (Å²) in [7, 11) is 0. The third-order valence-corrected chi connectivity index (χ3v) is 3.23. The highest BCUT2D eigenvalue weighted by Crippen LogP contribution is 2.32. The van der Waals surface area contributed by atoms with E-state index < -0.39 is 42.8 Å². The number of aliphatic hydroxyl groups is 3. The third-order valence-electron chi connectivity index (χ3n) is 3.23. The van der Waals surface area contributed by atoms with Crippen LogP contribution in [0.3, 0.4) is 0 Å². The van der Waals surface area contributed by atoms with Gasteiger partial charge in [-0.1, -0.05) is 0 Å². The van der Waals surface area contributed by atoms with Crippen LogP contribution < -0.4 is 17.2 Å². The molecule has 132 valence electrons. The Morgan fingerprint density at radius 1 is 1.17 bits per heavy atom. The number of nitrogens with one attached hydrogen (secondary N) is 2. The SMILES string of the molecule is Cl.Cl.N=C(N)c1nn(C2OC(CO)[C@H](O)C2O)c(N)c1C(=N)N. The monoisotopic (exact) mass is 371 g/mol. The molecule has 2 heterocycles. The van der Waals surface area contributed by atoms with Crippen LogP contribution in [0.5, 0.6) is 0 Å². The van der Waals surface area contributed by atoms with E-state index in [1.54, 1.807) is 0 Å². The molecule has 1 aliphatic heterocycles. The topological polar surface area (TPSA) is 214 Å². The van der Waals surface area contributed by atoms with Gasteiger partial charge in [-0.2, -0.15) is 5.10 Å². The number of rotatable bonds is 4. The molecule has 23 heavy (non-hydrogen) atoms. The van der Waals surface area contributed by atoms with Gasteiger partial charge in [-0.25, -0.2) is 4.68 Å². The minimum absolute atomic E-state index is 0. The molecule has 0 spiro atoms. The van der Waals surface area contributed by atoms with Crippen molar-refractivity contribution in [3.8, 4) is 0 Å². The fourth-order valence-corrected chi connectivity index (χ4v) is 2.18. The minimum atomic E-state index is -1.40. The van der Waals surface area contributed by atoms with Crippen LogP contribution in [-0.4, -0.2) is 61.7 Å². The number of nitrogens with zero attached hydrogens (tertiary/aromatic N) is 2. The van der Waals surface area contributed by atoms with Gasteiger partial charge in [0.1, 0.15) is 41.5 Å². The molecule has 13 heteroatoms. The van der Waals surface area contributed by atoms with E-state index in [9.17, 15) is 10.2 Å². The number of aliphatic hydroxyl groups excluding tert-OH is 3. The van der Waals surface area contributed by atoms with E-state index in [0.717, 1.165) is 4.68 Å². The number of nitrogen functional groups attached to an aromatic ring is 3. The van der Waals surface area contributed by atoms with Gasteiger partial charge in [0.25, 0.3) is 0 Å². The number of ether oxygens (including phenoxy) is 1. The molecule has 11 nitrogen and oxygen atoms in total. The van der Waals surface area contributed by atoms with Crippen molar-refractivity contribution in [3.05, 3.63) is 11.3 Å². The smallest absolute Gasteiger partial charge is 0.181 e. The molecule has 1 aromatic heterocycles. The molecular weight excluding hydrogens is 353 g/mol. The highest BCUT2D eigenvalue weighted by molar-refractivity contribution is 6.09. The minimum Gasteiger partial charge on any atom is -0.394 e. The summed E-state index contributed by atoms with van der Waals surface area (Å²) in [5, 5.41) is 47.5. The zero-order valence-electron chi connectivity index (χ0n) is 11.7. The molecule has 0 saturated carbocycles. The number of hydrogen-bond donors (Lipinski definition) is 8. The van der Waals surface area contributed by atoms with Gasteiger partial charge in [-0.3, -0.25) is 10.8 Å². The number of aromatic nitrogens is 2. The van der Waals surface area contributed by atoms with E-state index in [4.69, 9.17) is 37.9 Å². The highest BCUT2D eigenvalue weighted by atomic mass is 35.5. The third kappa shape index (κ3) is 3.49. The fourth-order valence-electron chi connectivity index (χ4n) is 2.18. The first-order valence-electron chi connectivity index (χ1n) is 5.98. The summed E-state index contributed by atoms with van der Waals surface area (Å²) in [4.78, 5) is 0. The lowest BCUT2D eigenvalue weighted by atomic mass is 10.1. The Morgan fingerprint density at radius 3 is 2.09 bits per heavy atom. The number of anilines is 1. The molecule has 0 amide bonds. The lowest BCUT2D eigenvalue weighted by Crippen LogP contribution is -2.33. The van der Waals surface area contributed by atoms with Crippen LogP contribution in [0.15, 0.2) is 0 Å². The van der Waals surface area contributed by atoms with Crippen molar-refractivity contribution in [3.63, 3.8) is 0 Å². The van der Waals surface area contributed by atoms with Gasteiger partial charge in [0.2, 0.25) is 0 Å². The maximum atomic E-state index is 9.94. The molecule has 4 atom stereocenters. The largest absolute Gasteiger partial charge is 0.394 e. The van der Waals surface area contributed by atoms with Gasteiger partial charge in [0, 0.05) is 0 Å². The summed E-state index contributed by atoms with van der Waals surface area (Å²) in [6, 6.07) is 0. The fraction of sp³-hybridized carbons (Fsp3) is 0.500. The average Bonchev–Trinajstić information content (AvgIpc) is 2.89. The van der Waals surface area contributed by atoms with Crippen LogP contribution in [0, 0.1) is 10.8 Å². The predicted molar refractivity (Wildman–Crippen MR) is 86.2 cm³/mol. The van der Waals surface area contributed by atoms with E-state index >= 15 is 0 Å². The summed E-state index contributed by atoms with van der Waals surface area (Å²) in [6.45, 7) is -0.505. The first-order chi connectivity index (χ1) is 9.79. The van der Waals surface area contributed by atoms with Gasteiger partial charge in [0.15, 0.2) is 6.23 Å². The molecule has 2 rings (SSSR count). The van der Waals surface area contributed by atoms with E-state index in [1.165, 1.54) is 0 Å². The maximum Gasteiger partial charge on any atom is 0.181 e. The molecule has 0 bridgehead atoms. The van der Waals surface area contributed by atoms with Crippen molar-refractivity contribution < 1.29 is 20.1 Å². The molecule has 1 fully saturated rings.